The van der Waals surface area contributed by atoms with Gasteiger partial charge in [-0.15, -0.1) is 0 Å². The van der Waals surface area contributed by atoms with E-state index in [4.69, 9.17) is 14.2 Å². The van der Waals surface area contributed by atoms with Gasteiger partial charge in [-0.25, -0.2) is 19.9 Å². The first kappa shape index (κ1) is 28.0. The molecule has 0 spiro atoms. The number of hydrogen-bond donors (Lipinski definition) is 0. The third-order valence-electron chi connectivity index (χ3n) is 6.35. The van der Waals surface area contributed by atoms with Crippen LogP contribution in [0.1, 0.15) is 65.2 Å². The van der Waals surface area contributed by atoms with E-state index in [1.807, 2.05) is 48.5 Å². The maximum absolute atomic E-state index is 5.82. The summed E-state index contributed by atoms with van der Waals surface area (Å²) in [6.07, 6.45) is 16.4. The van der Waals surface area contributed by atoms with Crippen molar-refractivity contribution >= 4 is 0 Å². The van der Waals surface area contributed by atoms with Crippen molar-refractivity contribution in [2.45, 2.75) is 65.2 Å². The second kappa shape index (κ2) is 15.4. The van der Waals surface area contributed by atoms with Gasteiger partial charge >= 0.3 is 12.0 Å². The van der Waals surface area contributed by atoms with Crippen molar-refractivity contribution in [3.05, 3.63) is 73.3 Å². The Labute approximate surface area is 231 Å². The fourth-order valence-electron chi connectivity index (χ4n) is 4.04. The zero-order valence-electron chi connectivity index (χ0n) is 23.0. The molecule has 0 N–H and O–H groups in total. The van der Waals surface area contributed by atoms with Crippen LogP contribution in [0.15, 0.2) is 73.3 Å². The molecular formula is C32H38N4O3. The van der Waals surface area contributed by atoms with Crippen LogP contribution in [0.2, 0.25) is 0 Å². The van der Waals surface area contributed by atoms with E-state index in [0.29, 0.717) is 0 Å². The van der Waals surface area contributed by atoms with Crippen molar-refractivity contribution in [2.24, 2.45) is 0 Å². The Balaban J connectivity index is 1.26. The van der Waals surface area contributed by atoms with Gasteiger partial charge in [-0.1, -0.05) is 76.6 Å². The lowest BCUT2D eigenvalue weighted by molar-refractivity contribution is 0.305. The molecule has 0 aliphatic carbocycles. The molecule has 0 aliphatic heterocycles. The first-order valence-electron chi connectivity index (χ1n) is 14.0. The minimum absolute atomic E-state index is 0.193. The molecule has 204 valence electrons. The summed E-state index contributed by atoms with van der Waals surface area (Å²) in [5.74, 6) is 1.75. The molecule has 0 radical (unpaired) electrons. The summed E-state index contributed by atoms with van der Waals surface area (Å²) in [7, 11) is 0. The van der Waals surface area contributed by atoms with Crippen molar-refractivity contribution in [2.75, 3.05) is 13.2 Å². The monoisotopic (exact) mass is 526 g/mol. The molecule has 0 amide bonds. The zero-order valence-corrected chi connectivity index (χ0v) is 23.0. The predicted molar refractivity (Wildman–Crippen MR) is 154 cm³/mol. The first-order valence-corrected chi connectivity index (χ1v) is 14.0. The lowest BCUT2D eigenvalue weighted by atomic mass is 10.1. The van der Waals surface area contributed by atoms with Gasteiger partial charge in [0.2, 0.25) is 0 Å². The number of ether oxygens (including phenoxy) is 3. The van der Waals surface area contributed by atoms with Gasteiger partial charge in [0.15, 0.2) is 0 Å². The van der Waals surface area contributed by atoms with Crippen LogP contribution in [0.5, 0.6) is 23.5 Å². The van der Waals surface area contributed by atoms with E-state index in [2.05, 4.69) is 33.8 Å². The van der Waals surface area contributed by atoms with Gasteiger partial charge in [-0.05, 0) is 48.2 Å². The molecule has 4 rings (SSSR count). The first-order chi connectivity index (χ1) is 19.2. The average molecular weight is 527 g/mol. The summed E-state index contributed by atoms with van der Waals surface area (Å²) in [6.45, 7) is 5.91. The molecule has 0 atom stereocenters. The third-order valence-corrected chi connectivity index (χ3v) is 6.35. The summed E-state index contributed by atoms with van der Waals surface area (Å²) in [6, 6.07) is 16.3. The number of unbranched alkanes of at least 4 members (excludes halogenated alkanes) is 6. The van der Waals surface area contributed by atoms with Gasteiger partial charge in [0.25, 0.3) is 0 Å². The summed E-state index contributed by atoms with van der Waals surface area (Å²) >= 11 is 0. The average Bonchev–Trinajstić information content (AvgIpc) is 2.98. The number of aromatic nitrogens is 4. The third kappa shape index (κ3) is 9.06. The van der Waals surface area contributed by atoms with Gasteiger partial charge < -0.3 is 14.2 Å². The zero-order chi connectivity index (χ0) is 27.1. The lowest BCUT2D eigenvalue weighted by Gasteiger charge is -2.08. The molecule has 0 unspecified atom stereocenters. The fraction of sp³-hybridized carbons (Fsp3) is 0.375. The topological polar surface area (TPSA) is 79.2 Å². The Morgan fingerprint density at radius 2 is 0.846 bits per heavy atom. The van der Waals surface area contributed by atoms with Crippen molar-refractivity contribution in [1.82, 2.24) is 19.9 Å². The van der Waals surface area contributed by atoms with Crippen molar-refractivity contribution < 1.29 is 14.2 Å². The highest BCUT2D eigenvalue weighted by Gasteiger charge is 2.07. The van der Waals surface area contributed by atoms with E-state index in [1.54, 1.807) is 24.8 Å². The van der Waals surface area contributed by atoms with Crippen molar-refractivity contribution in [3.63, 3.8) is 0 Å². The minimum atomic E-state index is 0.193. The van der Waals surface area contributed by atoms with Crippen LogP contribution < -0.4 is 14.2 Å². The summed E-state index contributed by atoms with van der Waals surface area (Å²) in [4.78, 5) is 17.3. The maximum atomic E-state index is 5.82. The molecule has 0 fully saturated rings. The van der Waals surface area contributed by atoms with Crippen LogP contribution in [0.25, 0.3) is 22.3 Å². The van der Waals surface area contributed by atoms with Gasteiger partial charge in [0.05, 0.1) is 13.2 Å². The van der Waals surface area contributed by atoms with E-state index in [-0.39, 0.29) is 12.0 Å². The number of nitrogens with zero attached hydrogens (tertiary/aromatic N) is 4. The minimum Gasteiger partial charge on any atom is -0.494 e. The SMILES string of the molecule is CCCCCCOc1ccc(-c2cnc(Oc3ncc(-c4ccc(OCCCCCC)cc4)cn3)nc2)cc1. The van der Waals surface area contributed by atoms with Crippen LogP contribution in [0.4, 0.5) is 0 Å². The van der Waals surface area contributed by atoms with Crippen LogP contribution >= 0.6 is 0 Å². The molecule has 2 heterocycles. The standard InChI is InChI=1S/C32H38N4O3/c1-3-5-7-9-19-37-29-15-11-25(12-16-29)27-21-33-31(34-22-27)39-32-35-23-28(24-36-32)26-13-17-30(18-14-26)38-20-10-8-6-4-2/h11-18,21-24H,3-10,19-20H2,1-2H3. The van der Waals surface area contributed by atoms with Crippen LogP contribution in [0, 0.1) is 0 Å². The molecule has 7 nitrogen and oxygen atoms in total. The Morgan fingerprint density at radius 3 is 1.21 bits per heavy atom. The molecule has 2 aromatic carbocycles. The number of hydrogen-bond acceptors (Lipinski definition) is 7. The van der Waals surface area contributed by atoms with E-state index >= 15 is 0 Å². The molecule has 7 heteroatoms. The Morgan fingerprint density at radius 1 is 0.462 bits per heavy atom. The van der Waals surface area contributed by atoms with Crippen LogP contribution in [-0.2, 0) is 0 Å². The van der Waals surface area contributed by atoms with Crippen LogP contribution in [0.3, 0.4) is 0 Å². The summed E-state index contributed by atoms with van der Waals surface area (Å²) in [5.41, 5.74) is 3.80. The molecule has 0 saturated carbocycles. The summed E-state index contributed by atoms with van der Waals surface area (Å²) in [5, 5.41) is 0. The number of benzene rings is 2. The quantitative estimate of drug-likeness (QED) is 0.136. The van der Waals surface area contributed by atoms with Gasteiger partial charge in [-0.2, -0.15) is 0 Å². The van der Waals surface area contributed by atoms with Crippen LogP contribution in [-0.4, -0.2) is 33.1 Å². The molecule has 39 heavy (non-hydrogen) atoms. The Kier molecular flexibility index (Phi) is 11.1. The number of rotatable bonds is 16. The molecular weight excluding hydrogens is 488 g/mol. The molecule has 0 bridgehead atoms. The fourth-order valence-corrected chi connectivity index (χ4v) is 4.04. The highest BCUT2D eigenvalue weighted by atomic mass is 16.5. The van der Waals surface area contributed by atoms with Gasteiger partial charge in [0.1, 0.15) is 11.5 Å². The smallest absolute Gasteiger partial charge is 0.324 e. The normalized spacial score (nSPS) is 10.8. The van der Waals surface area contributed by atoms with E-state index in [9.17, 15) is 0 Å². The van der Waals surface area contributed by atoms with Crippen molar-refractivity contribution in [3.8, 4) is 45.8 Å². The van der Waals surface area contributed by atoms with Gasteiger partial charge in [-0.3, -0.25) is 0 Å². The Hall–Kier alpha value is -4.00. The van der Waals surface area contributed by atoms with E-state index in [1.165, 1.54) is 38.5 Å². The Bertz CT molecular complexity index is 1130. The van der Waals surface area contributed by atoms with E-state index in [0.717, 1.165) is 59.8 Å². The highest BCUT2D eigenvalue weighted by molar-refractivity contribution is 5.63. The highest BCUT2D eigenvalue weighted by Crippen LogP contribution is 2.25. The predicted octanol–water partition coefficient (Wildman–Crippen LogP) is 8.31. The van der Waals surface area contributed by atoms with Gasteiger partial charge in [0, 0.05) is 35.9 Å². The van der Waals surface area contributed by atoms with E-state index < -0.39 is 0 Å². The largest absolute Gasteiger partial charge is 0.494 e. The van der Waals surface area contributed by atoms with Crippen molar-refractivity contribution in [1.29, 1.82) is 0 Å². The second-order valence-electron chi connectivity index (χ2n) is 9.48. The second-order valence-corrected chi connectivity index (χ2v) is 9.48. The molecule has 2 aromatic heterocycles. The summed E-state index contributed by atoms with van der Waals surface area (Å²) < 4.78 is 17.3. The molecule has 4 aromatic rings. The lowest BCUT2D eigenvalue weighted by Crippen LogP contribution is -1.98. The maximum Gasteiger partial charge on any atom is 0.324 e. The molecule has 0 aliphatic rings. The molecule has 0 saturated heterocycles.